The first-order valence-corrected chi connectivity index (χ1v) is 9.33. The molecule has 31 heavy (non-hydrogen) atoms. The van der Waals surface area contributed by atoms with Gasteiger partial charge in [0.25, 0.3) is 11.5 Å². The van der Waals surface area contributed by atoms with Crippen molar-refractivity contribution in [3.63, 3.8) is 0 Å². The normalized spacial score (nSPS) is 20.5. The van der Waals surface area contributed by atoms with E-state index >= 15 is 0 Å². The van der Waals surface area contributed by atoms with E-state index in [1.54, 1.807) is 24.3 Å². The first-order chi connectivity index (χ1) is 15.0. The molecule has 4 N–H and O–H groups in total. The summed E-state index contributed by atoms with van der Waals surface area (Å²) in [6.07, 6.45) is -0.776. The summed E-state index contributed by atoms with van der Waals surface area (Å²) in [4.78, 5) is 38.6. The quantitative estimate of drug-likeness (QED) is 0.255. The summed E-state index contributed by atoms with van der Waals surface area (Å²) < 4.78 is 7.07. The van der Waals surface area contributed by atoms with Crippen molar-refractivity contribution in [2.75, 3.05) is 11.9 Å². The molecule has 13 heteroatoms. The first kappa shape index (κ1) is 20.5. The fourth-order valence-corrected chi connectivity index (χ4v) is 3.41. The first-order valence-electron chi connectivity index (χ1n) is 9.33. The number of aliphatic hydroxyl groups is 2. The monoisotopic (exact) mass is 426 g/mol. The Kier molecular flexibility index (Phi) is 5.64. The SMILES string of the molecule is [N-]=[N+]=NCc1ccccc1C(=O)Nc1nc2c(ncn2[C@H]2C[C@H](O)[C@@H](CO)O2)c(=O)[nH]1. The number of azide groups is 1. The number of ether oxygens (including phenoxy) is 1. The van der Waals surface area contributed by atoms with Gasteiger partial charge in [-0.3, -0.25) is 24.5 Å². The van der Waals surface area contributed by atoms with Crippen molar-refractivity contribution in [3.8, 4) is 0 Å². The maximum atomic E-state index is 12.7. The molecule has 1 saturated heterocycles. The predicted molar refractivity (Wildman–Crippen MR) is 107 cm³/mol. The molecule has 1 aromatic carbocycles. The summed E-state index contributed by atoms with van der Waals surface area (Å²) in [5.41, 5.74) is 8.91. The molecule has 1 aliphatic heterocycles. The number of carbonyl (C=O) groups is 1. The maximum Gasteiger partial charge on any atom is 0.280 e. The lowest BCUT2D eigenvalue weighted by molar-refractivity contribution is -0.0432. The van der Waals surface area contributed by atoms with Crippen LogP contribution in [0, 0.1) is 0 Å². The van der Waals surface area contributed by atoms with Crippen molar-refractivity contribution in [2.45, 2.75) is 31.4 Å². The Morgan fingerprint density at radius 2 is 2.26 bits per heavy atom. The molecule has 3 atom stereocenters. The molecule has 160 valence electrons. The molecule has 1 amide bonds. The summed E-state index contributed by atoms with van der Waals surface area (Å²) in [5, 5.41) is 25.3. The lowest BCUT2D eigenvalue weighted by Gasteiger charge is -2.14. The topological polar surface area (TPSA) is 191 Å². The lowest BCUT2D eigenvalue weighted by Crippen LogP contribution is -2.24. The largest absolute Gasteiger partial charge is 0.394 e. The minimum Gasteiger partial charge on any atom is -0.394 e. The number of anilines is 1. The highest BCUT2D eigenvalue weighted by atomic mass is 16.5. The Morgan fingerprint density at radius 1 is 1.45 bits per heavy atom. The summed E-state index contributed by atoms with van der Waals surface area (Å²) in [6.45, 7) is -0.363. The second-order valence-corrected chi connectivity index (χ2v) is 6.85. The molecule has 4 rings (SSSR count). The van der Waals surface area contributed by atoms with Crippen LogP contribution in [0.3, 0.4) is 0 Å². The van der Waals surface area contributed by atoms with E-state index in [1.807, 2.05) is 0 Å². The molecule has 0 bridgehead atoms. The summed E-state index contributed by atoms with van der Waals surface area (Å²) in [5.74, 6) is -0.662. The number of aromatic amines is 1. The molecule has 1 aliphatic rings. The Hall–Kier alpha value is -3.77. The number of fused-ring (bicyclic) bond motifs is 1. The molecular formula is C18H18N8O5. The molecule has 0 saturated carbocycles. The van der Waals surface area contributed by atoms with E-state index < -0.39 is 29.9 Å². The van der Waals surface area contributed by atoms with Gasteiger partial charge in [0.2, 0.25) is 5.95 Å². The highest BCUT2D eigenvalue weighted by Crippen LogP contribution is 2.30. The molecular weight excluding hydrogens is 408 g/mol. The second-order valence-electron chi connectivity index (χ2n) is 6.85. The number of nitrogens with one attached hydrogen (secondary N) is 2. The molecule has 0 aliphatic carbocycles. The van der Waals surface area contributed by atoms with Gasteiger partial charge in [-0.1, -0.05) is 23.3 Å². The van der Waals surface area contributed by atoms with Crippen molar-refractivity contribution in [1.29, 1.82) is 0 Å². The summed E-state index contributed by atoms with van der Waals surface area (Å²) in [6, 6.07) is 6.57. The van der Waals surface area contributed by atoms with Gasteiger partial charge >= 0.3 is 0 Å². The van der Waals surface area contributed by atoms with E-state index in [-0.39, 0.29) is 42.2 Å². The number of rotatable bonds is 6. The number of carbonyl (C=O) groups excluding carboxylic acids is 1. The minimum absolute atomic E-state index is 0.0107. The van der Waals surface area contributed by atoms with Gasteiger partial charge in [-0.2, -0.15) is 4.98 Å². The summed E-state index contributed by atoms with van der Waals surface area (Å²) >= 11 is 0. The van der Waals surface area contributed by atoms with Crippen molar-refractivity contribution in [1.82, 2.24) is 19.5 Å². The average molecular weight is 426 g/mol. The van der Waals surface area contributed by atoms with Crippen molar-refractivity contribution < 1.29 is 19.7 Å². The number of aromatic nitrogens is 4. The van der Waals surface area contributed by atoms with E-state index in [1.165, 1.54) is 10.9 Å². The summed E-state index contributed by atoms with van der Waals surface area (Å²) in [7, 11) is 0. The van der Waals surface area contributed by atoms with Gasteiger partial charge in [0, 0.05) is 16.9 Å². The fourth-order valence-electron chi connectivity index (χ4n) is 3.41. The molecule has 0 radical (unpaired) electrons. The number of imidazole rings is 1. The number of benzene rings is 1. The molecule has 13 nitrogen and oxygen atoms in total. The van der Waals surface area contributed by atoms with Gasteiger partial charge in [0.1, 0.15) is 12.3 Å². The highest BCUT2D eigenvalue weighted by molar-refractivity contribution is 6.04. The van der Waals surface area contributed by atoms with E-state index in [9.17, 15) is 19.8 Å². The standard InChI is InChI=1S/C18H18N8O5/c19-25-21-6-9-3-1-2-4-10(9)16(29)23-18-22-15-14(17(30)24-18)20-8-26(15)13-5-11(28)12(7-27)31-13/h1-4,8,11-13,27-28H,5-7H2,(H2,22,23,24,29,30)/t11-,12+,13+/m0/s1. The molecule has 2 aromatic heterocycles. The van der Waals surface area contributed by atoms with Gasteiger partial charge in [0.15, 0.2) is 11.2 Å². The number of hydrogen-bond donors (Lipinski definition) is 4. The van der Waals surface area contributed by atoms with Gasteiger partial charge in [-0.15, -0.1) is 0 Å². The molecule has 3 aromatic rings. The zero-order chi connectivity index (χ0) is 22.0. The van der Waals surface area contributed by atoms with Gasteiger partial charge in [0.05, 0.1) is 25.6 Å². The Bertz CT molecular complexity index is 1230. The second kappa shape index (κ2) is 8.53. The van der Waals surface area contributed by atoms with Crippen molar-refractivity contribution in [2.24, 2.45) is 5.11 Å². The van der Waals surface area contributed by atoms with Crippen LogP contribution in [0.25, 0.3) is 21.6 Å². The number of nitrogens with zero attached hydrogens (tertiary/aromatic N) is 6. The van der Waals surface area contributed by atoms with E-state index in [0.717, 1.165) is 0 Å². The third-order valence-electron chi connectivity index (χ3n) is 4.92. The van der Waals surface area contributed by atoms with Crippen LogP contribution in [0.4, 0.5) is 5.95 Å². The van der Waals surface area contributed by atoms with Crippen LogP contribution in [0.2, 0.25) is 0 Å². The maximum absolute atomic E-state index is 12.7. The number of H-pyrrole nitrogens is 1. The molecule has 0 unspecified atom stereocenters. The van der Waals surface area contributed by atoms with Crippen molar-refractivity contribution in [3.05, 3.63) is 62.5 Å². The average Bonchev–Trinajstić information content (AvgIpc) is 3.35. The Balaban J connectivity index is 1.65. The third-order valence-corrected chi connectivity index (χ3v) is 4.92. The molecule has 3 heterocycles. The van der Waals surface area contributed by atoms with Gasteiger partial charge in [-0.05, 0) is 17.2 Å². The lowest BCUT2D eigenvalue weighted by atomic mass is 10.1. The molecule has 1 fully saturated rings. The number of hydrogen-bond acceptors (Lipinski definition) is 8. The van der Waals surface area contributed by atoms with Crippen LogP contribution in [0.15, 0.2) is 40.5 Å². The van der Waals surface area contributed by atoms with E-state index in [0.29, 0.717) is 5.56 Å². The number of amides is 1. The van der Waals surface area contributed by atoms with E-state index in [2.05, 4.69) is 30.3 Å². The van der Waals surface area contributed by atoms with Crippen LogP contribution < -0.4 is 10.9 Å². The van der Waals surface area contributed by atoms with Crippen LogP contribution in [0.1, 0.15) is 28.6 Å². The number of aliphatic hydroxyl groups excluding tert-OH is 2. The Morgan fingerprint density at radius 3 is 3.00 bits per heavy atom. The van der Waals surface area contributed by atoms with Crippen LogP contribution in [-0.4, -0.2) is 54.5 Å². The highest BCUT2D eigenvalue weighted by Gasteiger charge is 2.35. The third kappa shape index (κ3) is 3.98. The zero-order valence-corrected chi connectivity index (χ0v) is 16.0. The Labute approximate surface area is 174 Å². The van der Waals surface area contributed by atoms with Gasteiger partial charge in [-0.25, -0.2) is 4.98 Å². The van der Waals surface area contributed by atoms with Crippen LogP contribution >= 0.6 is 0 Å². The predicted octanol–water partition coefficient (Wildman–Crippen LogP) is 0.823. The smallest absolute Gasteiger partial charge is 0.280 e. The van der Waals surface area contributed by atoms with Crippen molar-refractivity contribution >= 4 is 23.0 Å². The van der Waals surface area contributed by atoms with Crippen LogP contribution in [0.5, 0.6) is 0 Å². The van der Waals surface area contributed by atoms with Crippen LogP contribution in [-0.2, 0) is 11.3 Å². The fraction of sp³-hybridized carbons (Fsp3) is 0.333. The van der Waals surface area contributed by atoms with Gasteiger partial charge < -0.3 is 14.9 Å². The minimum atomic E-state index is -0.874. The molecule has 0 spiro atoms. The zero-order valence-electron chi connectivity index (χ0n) is 16.0. The van der Waals surface area contributed by atoms with E-state index in [4.69, 9.17) is 10.3 Å².